The molecule has 0 aliphatic carbocycles. The molecule has 14 heavy (non-hydrogen) atoms. The Hall–Kier alpha value is -0.460. The highest BCUT2D eigenvalue weighted by molar-refractivity contribution is 7.12. The minimum Gasteiger partial charge on any atom is -0.391 e. The van der Waals surface area contributed by atoms with Crippen molar-refractivity contribution in [3.8, 4) is 0 Å². The zero-order valence-corrected chi connectivity index (χ0v) is 8.79. The minimum atomic E-state index is -0.882. The molecule has 0 aliphatic heterocycles. The van der Waals surface area contributed by atoms with Crippen LogP contribution in [0.3, 0.4) is 0 Å². The number of aliphatic hydroxyl groups excluding tert-OH is 3. The van der Waals surface area contributed by atoms with Gasteiger partial charge in [0.15, 0.2) is 0 Å². The van der Waals surface area contributed by atoms with Crippen LogP contribution in [-0.2, 0) is 6.61 Å². The fourth-order valence-electron chi connectivity index (χ4n) is 1.15. The van der Waals surface area contributed by atoms with Crippen molar-refractivity contribution in [1.82, 2.24) is 5.32 Å². The van der Waals surface area contributed by atoms with Gasteiger partial charge in [-0.15, -0.1) is 11.3 Å². The van der Waals surface area contributed by atoms with Gasteiger partial charge < -0.3 is 20.6 Å². The van der Waals surface area contributed by atoms with Gasteiger partial charge in [-0.05, 0) is 19.2 Å². The molecule has 0 aliphatic rings. The van der Waals surface area contributed by atoms with E-state index in [9.17, 15) is 10.2 Å². The number of hydrogen-bond acceptors (Lipinski definition) is 5. The van der Waals surface area contributed by atoms with Crippen LogP contribution in [0.5, 0.6) is 0 Å². The summed E-state index contributed by atoms with van der Waals surface area (Å²) in [5, 5.41) is 30.8. The number of rotatable bonds is 5. The molecular formula is C9H15NO3S. The lowest BCUT2D eigenvalue weighted by Gasteiger charge is -2.15. The summed E-state index contributed by atoms with van der Waals surface area (Å²) >= 11 is 1.31. The number of likely N-dealkylation sites (N-methyl/N-ethyl adjacent to an activating group) is 1. The lowest BCUT2D eigenvalue weighted by Crippen LogP contribution is -2.29. The van der Waals surface area contributed by atoms with Crippen molar-refractivity contribution in [3.63, 3.8) is 0 Å². The Morgan fingerprint density at radius 3 is 2.64 bits per heavy atom. The van der Waals surface area contributed by atoms with Crippen LogP contribution in [0.1, 0.15) is 15.9 Å². The maximum Gasteiger partial charge on any atom is 0.115 e. The van der Waals surface area contributed by atoms with E-state index < -0.39 is 12.2 Å². The first-order chi connectivity index (χ1) is 6.69. The van der Waals surface area contributed by atoms with Gasteiger partial charge in [-0.2, -0.15) is 0 Å². The monoisotopic (exact) mass is 217 g/mol. The summed E-state index contributed by atoms with van der Waals surface area (Å²) in [7, 11) is 1.71. The molecule has 0 saturated heterocycles. The first kappa shape index (κ1) is 11.6. The molecule has 1 aromatic heterocycles. The van der Waals surface area contributed by atoms with Gasteiger partial charge in [0, 0.05) is 16.3 Å². The average molecular weight is 217 g/mol. The minimum absolute atomic E-state index is 0.0283. The predicted octanol–water partition coefficient (Wildman–Crippen LogP) is -0.146. The predicted molar refractivity (Wildman–Crippen MR) is 55.1 cm³/mol. The first-order valence-electron chi connectivity index (χ1n) is 4.39. The van der Waals surface area contributed by atoms with Crippen molar-refractivity contribution in [2.24, 2.45) is 0 Å². The van der Waals surface area contributed by atoms with Crippen molar-refractivity contribution >= 4 is 11.3 Å². The molecule has 0 spiro atoms. The fraction of sp³-hybridized carbons (Fsp3) is 0.556. The van der Waals surface area contributed by atoms with Gasteiger partial charge in [0.05, 0.1) is 12.7 Å². The summed E-state index contributed by atoms with van der Waals surface area (Å²) in [6, 6.07) is 3.47. The molecule has 4 N–H and O–H groups in total. The van der Waals surface area contributed by atoms with Crippen molar-refractivity contribution in [2.75, 3.05) is 13.6 Å². The van der Waals surface area contributed by atoms with Gasteiger partial charge in [-0.25, -0.2) is 0 Å². The second-order valence-corrected chi connectivity index (χ2v) is 4.23. The molecule has 80 valence electrons. The maximum atomic E-state index is 9.67. The van der Waals surface area contributed by atoms with E-state index in [0.29, 0.717) is 11.4 Å². The molecule has 0 fully saturated rings. The Labute approximate surface area is 86.8 Å². The molecule has 0 bridgehead atoms. The SMILES string of the molecule is CNCC(O)C(O)c1ccc(CO)s1. The van der Waals surface area contributed by atoms with Crippen molar-refractivity contribution < 1.29 is 15.3 Å². The summed E-state index contributed by atoms with van der Waals surface area (Å²) in [6.45, 7) is 0.313. The third-order valence-electron chi connectivity index (χ3n) is 1.91. The van der Waals surface area contributed by atoms with Crippen molar-refractivity contribution in [1.29, 1.82) is 0 Å². The van der Waals surface area contributed by atoms with E-state index in [1.165, 1.54) is 11.3 Å². The van der Waals surface area contributed by atoms with Crippen molar-refractivity contribution in [3.05, 3.63) is 21.9 Å². The highest BCUT2D eigenvalue weighted by Gasteiger charge is 2.19. The van der Waals surface area contributed by atoms with E-state index in [-0.39, 0.29) is 6.61 Å². The molecule has 2 atom stereocenters. The van der Waals surface area contributed by atoms with Gasteiger partial charge in [0.2, 0.25) is 0 Å². The van der Waals surface area contributed by atoms with Gasteiger partial charge >= 0.3 is 0 Å². The molecule has 5 heteroatoms. The Morgan fingerprint density at radius 2 is 2.14 bits per heavy atom. The molecule has 1 rings (SSSR count). The van der Waals surface area contributed by atoms with Crippen LogP contribution >= 0.6 is 11.3 Å². The fourth-order valence-corrected chi connectivity index (χ4v) is 2.07. The summed E-state index contributed by atoms with van der Waals surface area (Å²) in [5.74, 6) is 0. The largest absolute Gasteiger partial charge is 0.391 e. The topological polar surface area (TPSA) is 72.7 Å². The smallest absolute Gasteiger partial charge is 0.115 e. The average Bonchev–Trinajstić information content (AvgIpc) is 2.65. The normalized spacial score (nSPS) is 15.4. The zero-order valence-electron chi connectivity index (χ0n) is 7.97. The van der Waals surface area contributed by atoms with Crippen LogP contribution in [0.4, 0.5) is 0 Å². The second-order valence-electron chi connectivity index (χ2n) is 3.03. The van der Waals surface area contributed by atoms with Gasteiger partial charge in [-0.1, -0.05) is 0 Å². The first-order valence-corrected chi connectivity index (χ1v) is 5.21. The van der Waals surface area contributed by atoms with E-state index in [4.69, 9.17) is 5.11 Å². The van der Waals surface area contributed by atoms with E-state index in [1.54, 1.807) is 19.2 Å². The Kier molecular flexibility index (Phi) is 4.50. The molecule has 0 aromatic carbocycles. The summed E-state index contributed by atoms with van der Waals surface area (Å²) < 4.78 is 0. The second kappa shape index (κ2) is 5.43. The molecule has 2 unspecified atom stereocenters. The number of nitrogens with one attached hydrogen (secondary N) is 1. The molecule has 1 heterocycles. The van der Waals surface area contributed by atoms with Crippen LogP contribution in [0.2, 0.25) is 0 Å². The Balaban J connectivity index is 2.63. The summed E-state index contributed by atoms with van der Waals surface area (Å²) in [6.07, 6.45) is -1.70. The summed E-state index contributed by atoms with van der Waals surface area (Å²) in [4.78, 5) is 1.47. The number of thiophene rings is 1. The van der Waals surface area contributed by atoms with Gasteiger partial charge in [-0.3, -0.25) is 0 Å². The van der Waals surface area contributed by atoms with Gasteiger partial charge in [0.1, 0.15) is 6.10 Å². The van der Waals surface area contributed by atoms with E-state index in [0.717, 1.165) is 4.88 Å². The lowest BCUT2D eigenvalue weighted by atomic mass is 10.2. The quantitative estimate of drug-likeness (QED) is 0.553. The third kappa shape index (κ3) is 2.76. The third-order valence-corrected chi connectivity index (χ3v) is 3.05. The lowest BCUT2D eigenvalue weighted by molar-refractivity contribution is 0.0224. The van der Waals surface area contributed by atoms with Crippen LogP contribution in [0, 0.1) is 0 Å². The highest BCUT2D eigenvalue weighted by atomic mass is 32.1. The Bertz CT molecular complexity index is 277. The highest BCUT2D eigenvalue weighted by Crippen LogP contribution is 2.25. The molecule has 0 amide bonds. The number of aliphatic hydroxyl groups is 3. The standard InChI is InChI=1S/C9H15NO3S/c1-10-4-7(12)9(13)8-3-2-6(5-11)14-8/h2-3,7,9-13H,4-5H2,1H3. The van der Waals surface area contributed by atoms with Crippen LogP contribution in [0.15, 0.2) is 12.1 Å². The molecule has 4 nitrogen and oxygen atoms in total. The van der Waals surface area contributed by atoms with E-state index in [1.807, 2.05) is 0 Å². The van der Waals surface area contributed by atoms with E-state index >= 15 is 0 Å². The molecule has 0 radical (unpaired) electrons. The van der Waals surface area contributed by atoms with Gasteiger partial charge in [0.25, 0.3) is 0 Å². The summed E-state index contributed by atoms with van der Waals surface area (Å²) in [5.41, 5.74) is 0. The Morgan fingerprint density at radius 1 is 1.43 bits per heavy atom. The van der Waals surface area contributed by atoms with Crippen LogP contribution < -0.4 is 5.32 Å². The molecule has 0 saturated carbocycles. The van der Waals surface area contributed by atoms with Crippen LogP contribution in [-0.4, -0.2) is 35.0 Å². The van der Waals surface area contributed by atoms with Crippen LogP contribution in [0.25, 0.3) is 0 Å². The maximum absolute atomic E-state index is 9.67. The van der Waals surface area contributed by atoms with Crippen molar-refractivity contribution in [2.45, 2.75) is 18.8 Å². The zero-order chi connectivity index (χ0) is 10.6. The van der Waals surface area contributed by atoms with E-state index in [2.05, 4.69) is 5.32 Å². The number of hydrogen-bond donors (Lipinski definition) is 4. The molecular weight excluding hydrogens is 202 g/mol. The molecule has 1 aromatic rings.